The molecule has 2 aliphatic carbocycles. The van der Waals surface area contributed by atoms with Crippen molar-refractivity contribution in [3.05, 3.63) is 11.6 Å². The van der Waals surface area contributed by atoms with Crippen LogP contribution in [0.25, 0.3) is 0 Å². The highest BCUT2D eigenvalue weighted by Crippen LogP contribution is 2.59. The number of rotatable bonds is 2. The third-order valence-corrected chi connectivity index (χ3v) is 5.45. The number of ether oxygens (including phenoxy) is 1. The summed E-state index contributed by atoms with van der Waals surface area (Å²) in [6.45, 7) is 6.04. The van der Waals surface area contributed by atoms with Crippen molar-refractivity contribution < 1.29 is 13.6 Å². The quantitative estimate of drug-likeness (QED) is 0.549. The van der Waals surface area contributed by atoms with E-state index in [1.807, 2.05) is 6.92 Å². The standard InChI is InChI=1S/C17H28O2/c1-12-7-8-15-16(3,4)9-6-10-17(15,5)14(12)11-19-13(2)18/h7,14-15H,6,8-11H2,1-5H3/t14-,15-,17+/m0/s1/i3D3/t14-,15-,16+,17+. The van der Waals surface area contributed by atoms with Crippen LogP contribution in [0.3, 0.4) is 0 Å². The number of hydrogen-bond acceptors (Lipinski definition) is 2. The van der Waals surface area contributed by atoms with E-state index in [0.717, 1.165) is 25.7 Å². The van der Waals surface area contributed by atoms with E-state index in [4.69, 9.17) is 8.85 Å². The SMILES string of the molecule is [2H]C([2H])([2H])[C@@]1(C)CCC[C@@]2(C)[C@H]1CC=C(C)[C@@H]2COC(C)=O. The van der Waals surface area contributed by atoms with Crippen molar-refractivity contribution in [2.24, 2.45) is 22.7 Å². The molecule has 0 amide bonds. The molecule has 1 fully saturated rings. The predicted molar refractivity (Wildman–Crippen MR) is 77.7 cm³/mol. The molecule has 108 valence electrons. The fourth-order valence-corrected chi connectivity index (χ4v) is 4.35. The van der Waals surface area contributed by atoms with Crippen LogP contribution in [0.1, 0.15) is 64.3 Å². The maximum atomic E-state index is 11.2. The smallest absolute Gasteiger partial charge is 0.302 e. The van der Waals surface area contributed by atoms with Crippen LogP contribution in [0.2, 0.25) is 0 Å². The summed E-state index contributed by atoms with van der Waals surface area (Å²) in [6.07, 6.45) is 5.65. The highest BCUT2D eigenvalue weighted by Gasteiger charge is 2.52. The molecule has 2 heteroatoms. The van der Waals surface area contributed by atoms with Crippen LogP contribution in [-0.2, 0) is 9.53 Å². The average Bonchev–Trinajstić information content (AvgIpc) is 2.35. The minimum absolute atomic E-state index is 0.102. The second kappa shape index (κ2) is 4.96. The van der Waals surface area contributed by atoms with Crippen LogP contribution in [0.15, 0.2) is 11.6 Å². The molecule has 0 aliphatic heterocycles. The summed E-state index contributed by atoms with van der Waals surface area (Å²) in [5.41, 5.74) is 0.455. The Hall–Kier alpha value is -0.790. The van der Waals surface area contributed by atoms with Gasteiger partial charge >= 0.3 is 5.97 Å². The lowest BCUT2D eigenvalue weighted by Gasteiger charge is -2.56. The lowest BCUT2D eigenvalue weighted by atomic mass is 9.49. The molecule has 0 spiro atoms. The Bertz CT molecular complexity index is 483. The average molecular weight is 267 g/mol. The summed E-state index contributed by atoms with van der Waals surface area (Å²) in [5, 5.41) is 0. The number of carbonyl (C=O) groups is 1. The highest BCUT2D eigenvalue weighted by molar-refractivity contribution is 5.65. The van der Waals surface area contributed by atoms with E-state index in [1.165, 1.54) is 12.5 Å². The van der Waals surface area contributed by atoms with Crippen molar-refractivity contribution in [3.63, 3.8) is 0 Å². The molecule has 0 saturated heterocycles. The normalized spacial score (nSPS) is 45.3. The van der Waals surface area contributed by atoms with E-state index >= 15 is 0 Å². The zero-order valence-electron chi connectivity index (χ0n) is 15.6. The molecule has 2 rings (SSSR count). The molecule has 0 N–H and O–H groups in total. The molecule has 0 aromatic heterocycles. The van der Waals surface area contributed by atoms with E-state index in [-0.39, 0.29) is 23.2 Å². The summed E-state index contributed by atoms with van der Waals surface area (Å²) >= 11 is 0. The summed E-state index contributed by atoms with van der Waals surface area (Å²) in [6, 6.07) is 0. The molecule has 2 aliphatic rings. The van der Waals surface area contributed by atoms with E-state index in [1.54, 1.807) is 0 Å². The van der Waals surface area contributed by atoms with Crippen molar-refractivity contribution in [3.8, 4) is 0 Å². The van der Waals surface area contributed by atoms with Crippen LogP contribution >= 0.6 is 0 Å². The van der Waals surface area contributed by atoms with Gasteiger partial charge in [0.2, 0.25) is 0 Å². The molecule has 19 heavy (non-hydrogen) atoms. The fraction of sp³-hybridized carbons (Fsp3) is 0.824. The van der Waals surface area contributed by atoms with Crippen LogP contribution < -0.4 is 0 Å². The number of fused-ring (bicyclic) bond motifs is 1. The van der Waals surface area contributed by atoms with Gasteiger partial charge in [-0.15, -0.1) is 0 Å². The van der Waals surface area contributed by atoms with E-state index < -0.39 is 12.3 Å². The van der Waals surface area contributed by atoms with Gasteiger partial charge < -0.3 is 4.74 Å². The van der Waals surface area contributed by atoms with Crippen molar-refractivity contribution in [1.82, 2.24) is 0 Å². The lowest BCUT2D eigenvalue weighted by Crippen LogP contribution is -2.49. The summed E-state index contributed by atoms with van der Waals surface area (Å²) in [5.74, 6) is -0.0458. The van der Waals surface area contributed by atoms with Gasteiger partial charge in [0.15, 0.2) is 0 Å². The van der Waals surface area contributed by atoms with Crippen LogP contribution in [0.4, 0.5) is 0 Å². The Morgan fingerprint density at radius 3 is 2.89 bits per heavy atom. The maximum absolute atomic E-state index is 11.2. The lowest BCUT2D eigenvalue weighted by molar-refractivity contribution is -0.145. The van der Waals surface area contributed by atoms with E-state index in [0.29, 0.717) is 6.61 Å². The molecule has 0 radical (unpaired) electrons. The van der Waals surface area contributed by atoms with Gasteiger partial charge in [-0.3, -0.25) is 4.79 Å². The maximum Gasteiger partial charge on any atom is 0.302 e. The number of allylic oxidation sites excluding steroid dienone is 1. The number of esters is 1. The van der Waals surface area contributed by atoms with Crippen molar-refractivity contribution in [2.75, 3.05) is 6.61 Å². The van der Waals surface area contributed by atoms with Gasteiger partial charge in [0.25, 0.3) is 0 Å². The van der Waals surface area contributed by atoms with E-state index in [9.17, 15) is 4.79 Å². The van der Waals surface area contributed by atoms with E-state index in [2.05, 4.69) is 19.9 Å². The molecule has 0 bridgehead atoms. The molecule has 1 saturated carbocycles. The first-order chi connectivity index (χ1) is 10.0. The summed E-state index contributed by atoms with van der Waals surface area (Å²) in [7, 11) is 0. The second-order valence-electron chi connectivity index (χ2n) is 6.87. The molecule has 2 nitrogen and oxygen atoms in total. The molecule has 4 atom stereocenters. The molecule has 0 unspecified atom stereocenters. The van der Waals surface area contributed by atoms with Crippen LogP contribution in [0, 0.1) is 22.7 Å². The second-order valence-corrected chi connectivity index (χ2v) is 6.87. The first-order valence-electron chi connectivity index (χ1n) is 8.82. The Morgan fingerprint density at radius 1 is 1.53 bits per heavy atom. The Kier molecular flexibility index (Phi) is 2.85. The topological polar surface area (TPSA) is 26.3 Å². The minimum atomic E-state index is -1.95. The van der Waals surface area contributed by atoms with Crippen molar-refractivity contribution in [2.45, 2.75) is 60.2 Å². The summed E-state index contributed by atoms with van der Waals surface area (Å²) < 4.78 is 29.4. The zero-order valence-corrected chi connectivity index (χ0v) is 12.6. The van der Waals surface area contributed by atoms with Crippen molar-refractivity contribution in [1.29, 1.82) is 0 Å². The third-order valence-electron chi connectivity index (χ3n) is 5.45. The first-order valence-corrected chi connectivity index (χ1v) is 7.32. The molecule has 0 heterocycles. The first kappa shape index (κ1) is 10.9. The van der Waals surface area contributed by atoms with Gasteiger partial charge in [-0.05, 0) is 42.9 Å². The predicted octanol–water partition coefficient (Wildman–Crippen LogP) is 4.35. The number of carbonyl (C=O) groups excluding carboxylic acids is 1. The van der Waals surface area contributed by atoms with Gasteiger partial charge in [-0.25, -0.2) is 0 Å². The summed E-state index contributed by atoms with van der Waals surface area (Å²) in [4.78, 5) is 11.2. The highest BCUT2D eigenvalue weighted by atomic mass is 16.5. The van der Waals surface area contributed by atoms with Gasteiger partial charge in [0.05, 0.1) is 6.61 Å². The third kappa shape index (κ3) is 2.59. The van der Waals surface area contributed by atoms with Gasteiger partial charge in [-0.1, -0.05) is 38.8 Å². The minimum Gasteiger partial charge on any atom is -0.465 e. The van der Waals surface area contributed by atoms with Crippen LogP contribution in [-0.4, -0.2) is 12.6 Å². The molecular formula is C17H28O2. The Labute approximate surface area is 121 Å². The fourth-order valence-electron chi connectivity index (χ4n) is 4.35. The van der Waals surface area contributed by atoms with Crippen LogP contribution in [0.5, 0.6) is 0 Å². The zero-order chi connectivity index (χ0) is 16.8. The monoisotopic (exact) mass is 267 g/mol. The van der Waals surface area contributed by atoms with Gasteiger partial charge in [0.1, 0.15) is 0 Å². The molecule has 0 aromatic carbocycles. The Balaban J connectivity index is 2.38. The molecule has 0 aromatic rings. The van der Waals surface area contributed by atoms with Crippen molar-refractivity contribution >= 4 is 5.97 Å². The van der Waals surface area contributed by atoms with Gasteiger partial charge in [0, 0.05) is 17.0 Å². The largest absolute Gasteiger partial charge is 0.465 e. The van der Waals surface area contributed by atoms with Gasteiger partial charge in [-0.2, -0.15) is 0 Å². The molecular weight excluding hydrogens is 236 g/mol. The number of hydrogen-bond donors (Lipinski definition) is 0. The Morgan fingerprint density at radius 2 is 2.26 bits per heavy atom.